The van der Waals surface area contributed by atoms with E-state index in [4.69, 9.17) is 0 Å². The van der Waals surface area contributed by atoms with Gasteiger partial charge in [-0.05, 0) is 26.3 Å². The maximum Gasteiger partial charge on any atom is 0.0292 e. The van der Waals surface area contributed by atoms with Crippen molar-refractivity contribution in [1.29, 1.82) is 0 Å². The first-order valence-corrected chi connectivity index (χ1v) is 5.43. The van der Waals surface area contributed by atoms with E-state index >= 15 is 0 Å². The van der Waals surface area contributed by atoms with Gasteiger partial charge >= 0.3 is 0 Å². The quantitative estimate of drug-likeness (QED) is 0.583. The molecule has 0 radical (unpaired) electrons. The van der Waals surface area contributed by atoms with Gasteiger partial charge in [0.15, 0.2) is 0 Å². The van der Waals surface area contributed by atoms with Gasteiger partial charge in [-0.2, -0.15) is 0 Å². The predicted molar refractivity (Wildman–Crippen MR) is 65.7 cm³/mol. The molecule has 0 spiro atoms. The van der Waals surface area contributed by atoms with E-state index in [2.05, 4.69) is 55.3 Å². The number of hydrogen-bond donors (Lipinski definition) is 1. The molecular weight excluding hydrogens is 182 g/mol. The van der Waals surface area contributed by atoms with E-state index in [-0.39, 0.29) is 0 Å². The van der Waals surface area contributed by atoms with Gasteiger partial charge in [-0.1, -0.05) is 29.8 Å². The Morgan fingerprint density at radius 3 is 2.87 bits per heavy atom. The molecule has 0 aromatic heterocycles. The Labute approximate surface area is 92.9 Å². The fourth-order valence-electron chi connectivity index (χ4n) is 1.53. The van der Waals surface area contributed by atoms with E-state index in [1.807, 2.05) is 6.92 Å². The number of rotatable bonds is 4. The smallest absolute Gasteiger partial charge is 0.0292 e. The van der Waals surface area contributed by atoms with Crippen LogP contribution in [0.15, 0.2) is 24.3 Å². The standard InChI is InChI=1S/C14H19N/c1-4-5-6-10-15-13(3)14-9-7-8-12(2)11-14/h7-9,11,13,15H,6,10H2,1-3H3. The summed E-state index contributed by atoms with van der Waals surface area (Å²) in [4.78, 5) is 0. The number of benzene rings is 1. The van der Waals surface area contributed by atoms with E-state index in [0.717, 1.165) is 13.0 Å². The second kappa shape index (κ2) is 6.27. The topological polar surface area (TPSA) is 12.0 Å². The second-order valence-corrected chi connectivity index (χ2v) is 3.77. The average Bonchev–Trinajstić information content (AvgIpc) is 2.24. The molecule has 1 aromatic carbocycles. The molecule has 0 bridgehead atoms. The lowest BCUT2D eigenvalue weighted by Crippen LogP contribution is -2.19. The maximum absolute atomic E-state index is 3.46. The fraction of sp³-hybridized carbons (Fsp3) is 0.429. The van der Waals surface area contributed by atoms with E-state index < -0.39 is 0 Å². The zero-order valence-electron chi connectivity index (χ0n) is 9.80. The summed E-state index contributed by atoms with van der Waals surface area (Å²) in [6, 6.07) is 9.02. The van der Waals surface area contributed by atoms with Crippen LogP contribution >= 0.6 is 0 Å². The second-order valence-electron chi connectivity index (χ2n) is 3.77. The summed E-state index contributed by atoms with van der Waals surface area (Å²) in [5.74, 6) is 5.95. The minimum absolute atomic E-state index is 0.406. The van der Waals surface area contributed by atoms with Crippen molar-refractivity contribution in [1.82, 2.24) is 5.32 Å². The van der Waals surface area contributed by atoms with Crippen LogP contribution in [0.4, 0.5) is 0 Å². The van der Waals surface area contributed by atoms with E-state index in [9.17, 15) is 0 Å². The highest BCUT2D eigenvalue weighted by Crippen LogP contribution is 2.13. The van der Waals surface area contributed by atoms with Crippen LogP contribution in [0, 0.1) is 18.8 Å². The van der Waals surface area contributed by atoms with E-state index in [1.165, 1.54) is 11.1 Å². The molecule has 15 heavy (non-hydrogen) atoms. The molecule has 1 heteroatoms. The zero-order chi connectivity index (χ0) is 11.1. The van der Waals surface area contributed by atoms with Gasteiger partial charge in [0.2, 0.25) is 0 Å². The highest BCUT2D eigenvalue weighted by molar-refractivity contribution is 5.24. The van der Waals surface area contributed by atoms with Crippen molar-refractivity contribution in [3.63, 3.8) is 0 Å². The van der Waals surface area contributed by atoms with E-state index in [0.29, 0.717) is 6.04 Å². The first-order valence-electron chi connectivity index (χ1n) is 5.43. The van der Waals surface area contributed by atoms with Crippen molar-refractivity contribution in [2.45, 2.75) is 33.2 Å². The fourth-order valence-corrected chi connectivity index (χ4v) is 1.53. The lowest BCUT2D eigenvalue weighted by atomic mass is 10.1. The highest BCUT2D eigenvalue weighted by Gasteiger charge is 2.02. The minimum atomic E-state index is 0.406. The molecule has 1 N–H and O–H groups in total. The Bertz CT molecular complexity index is 357. The first kappa shape index (κ1) is 11.8. The Kier molecular flexibility index (Phi) is 4.93. The van der Waals surface area contributed by atoms with Crippen LogP contribution in [-0.4, -0.2) is 6.54 Å². The molecule has 0 aliphatic heterocycles. The lowest BCUT2D eigenvalue weighted by Gasteiger charge is -2.13. The van der Waals surface area contributed by atoms with Crippen molar-refractivity contribution in [3.8, 4) is 11.8 Å². The summed E-state index contributed by atoms with van der Waals surface area (Å²) in [5, 5.41) is 3.46. The number of aryl methyl sites for hydroxylation is 1. The summed E-state index contributed by atoms with van der Waals surface area (Å²) >= 11 is 0. The Morgan fingerprint density at radius 1 is 1.40 bits per heavy atom. The van der Waals surface area contributed by atoms with Gasteiger partial charge in [-0.25, -0.2) is 0 Å². The summed E-state index contributed by atoms with van der Waals surface area (Å²) in [6.07, 6.45) is 0.923. The Morgan fingerprint density at radius 2 is 2.20 bits per heavy atom. The molecule has 0 aliphatic rings. The third-order valence-corrected chi connectivity index (χ3v) is 2.42. The van der Waals surface area contributed by atoms with Gasteiger partial charge in [-0.3, -0.25) is 0 Å². The van der Waals surface area contributed by atoms with Crippen molar-refractivity contribution >= 4 is 0 Å². The molecule has 1 nitrogen and oxygen atoms in total. The molecule has 0 aliphatic carbocycles. The van der Waals surface area contributed by atoms with Crippen molar-refractivity contribution in [2.75, 3.05) is 6.54 Å². The molecule has 0 amide bonds. The Hall–Kier alpha value is -1.26. The average molecular weight is 201 g/mol. The third-order valence-electron chi connectivity index (χ3n) is 2.42. The summed E-state index contributed by atoms with van der Waals surface area (Å²) in [6.45, 7) is 7.15. The van der Waals surface area contributed by atoms with Gasteiger partial charge in [0, 0.05) is 19.0 Å². The van der Waals surface area contributed by atoms with Gasteiger partial charge < -0.3 is 5.32 Å². The van der Waals surface area contributed by atoms with Crippen LogP contribution in [-0.2, 0) is 0 Å². The molecule has 1 atom stereocenters. The highest BCUT2D eigenvalue weighted by atomic mass is 14.9. The lowest BCUT2D eigenvalue weighted by molar-refractivity contribution is 0.584. The molecular formula is C14H19N. The minimum Gasteiger partial charge on any atom is -0.309 e. The molecule has 0 fully saturated rings. The monoisotopic (exact) mass is 201 g/mol. The SMILES string of the molecule is CC#CCCNC(C)c1cccc(C)c1. The summed E-state index contributed by atoms with van der Waals surface area (Å²) < 4.78 is 0. The van der Waals surface area contributed by atoms with Gasteiger partial charge in [0.05, 0.1) is 0 Å². The first-order chi connectivity index (χ1) is 7.24. The molecule has 0 saturated heterocycles. The predicted octanol–water partition coefficient (Wildman–Crippen LogP) is 3.06. The van der Waals surface area contributed by atoms with Crippen molar-refractivity contribution in [2.24, 2.45) is 0 Å². The number of nitrogens with one attached hydrogen (secondary N) is 1. The molecule has 1 aromatic rings. The molecule has 80 valence electrons. The Balaban J connectivity index is 2.45. The van der Waals surface area contributed by atoms with Crippen LogP contribution in [0.5, 0.6) is 0 Å². The van der Waals surface area contributed by atoms with Gasteiger partial charge in [0.25, 0.3) is 0 Å². The van der Waals surface area contributed by atoms with Crippen molar-refractivity contribution in [3.05, 3.63) is 35.4 Å². The maximum atomic E-state index is 3.46. The number of hydrogen-bond acceptors (Lipinski definition) is 1. The van der Waals surface area contributed by atoms with Crippen LogP contribution in [0.3, 0.4) is 0 Å². The van der Waals surface area contributed by atoms with Crippen molar-refractivity contribution < 1.29 is 0 Å². The van der Waals surface area contributed by atoms with E-state index in [1.54, 1.807) is 0 Å². The molecule has 0 saturated carbocycles. The third kappa shape index (κ3) is 4.18. The summed E-state index contributed by atoms with van der Waals surface area (Å²) in [5.41, 5.74) is 2.66. The molecule has 1 rings (SSSR count). The van der Waals surface area contributed by atoms with Crippen LogP contribution < -0.4 is 5.32 Å². The van der Waals surface area contributed by atoms with Gasteiger partial charge in [-0.15, -0.1) is 11.8 Å². The van der Waals surface area contributed by atoms with Crippen LogP contribution in [0.2, 0.25) is 0 Å². The van der Waals surface area contributed by atoms with Gasteiger partial charge in [0.1, 0.15) is 0 Å². The van der Waals surface area contributed by atoms with Crippen LogP contribution in [0.25, 0.3) is 0 Å². The molecule has 0 heterocycles. The normalized spacial score (nSPS) is 11.7. The summed E-state index contributed by atoms with van der Waals surface area (Å²) in [7, 11) is 0. The molecule has 1 unspecified atom stereocenters. The largest absolute Gasteiger partial charge is 0.309 e. The van der Waals surface area contributed by atoms with Crippen LogP contribution in [0.1, 0.15) is 37.4 Å². The zero-order valence-corrected chi connectivity index (χ0v) is 9.80.